The first-order chi connectivity index (χ1) is 8.31. The van der Waals surface area contributed by atoms with Crippen LogP contribution in [-0.2, 0) is 0 Å². The first-order valence-electron chi connectivity index (χ1n) is 7.74. The summed E-state index contributed by atoms with van der Waals surface area (Å²) in [6.45, 7) is 22.1. The van der Waals surface area contributed by atoms with Crippen LogP contribution in [-0.4, -0.2) is 37.6 Å². The Morgan fingerprint density at radius 3 is 1.56 bits per heavy atom. The second-order valence-corrected chi connectivity index (χ2v) is 7.16. The van der Waals surface area contributed by atoms with Crippen molar-refractivity contribution in [3.63, 3.8) is 0 Å². The van der Waals surface area contributed by atoms with E-state index >= 15 is 0 Å². The Kier molecular flexibility index (Phi) is 9.76. The number of hydrogen-bond donors (Lipinski definition) is 1. The van der Waals surface area contributed by atoms with E-state index in [2.05, 4.69) is 58.7 Å². The average molecular weight is 256 g/mol. The Hall–Kier alpha value is -0.0800. The number of nitrogens with one attached hydrogen (secondary N) is 1. The van der Waals surface area contributed by atoms with E-state index in [0.29, 0.717) is 0 Å². The van der Waals surface area contributed by atoms with Crippen LogP contribution >= 0.6 is 0 Å². The molecule has 0 aliphatic rings. The summed E-state index contributed by atoms with van der Waals surface area (Å²) in [7, 11) is 0. The van der Waals surface area contributed by atoms with Gasteiger partial charge in [0, 0.05) is 19.6 Å². The molecular formula is C16H36N2. The van der Waals surface area contributed by atoms with Gasteiger partial charge in [-0.25, -0.2) is 0 Å². The molecule has 0 aliphatic carbocycles. The van der Waals surface area contributed by atoms with Gasteiger partial charge >= 0.3 is 0 Å². The van der Waals surface area contributed by atoms with Gasteiger partial charge < -0.3 is 10.2 Å². The lowest BCUT2D eigenvalue weighted by Crippen LogP contribution is -2.38. The topological polar surface area (TPSA) is 15.3 Å². The lowest BCUT2D eigenvalue weighted by atomic mass is 10.1. The monoisotopic (exact) mass is 256 g/mol. The summed E-state index contributed by atoms with van der Waals surface area (Å²) in [5, 5.41) is 3.57. The van der Waals surface area contributed by atoms with Crippen LogP contribution in [0.5, 0.6) is 0 Å². The van der Waals surface area contributed by atoms with Crippen molar-refractivity contribution in [1.29, 1.82) is 0 Å². The van der Waals surface area contributed by atoms with Crippen LogP contribution in [0.15, 0.2) is 0 Å². The third-order valence-electron chi connectivity index (χ3n) is 2.86. The average Bonchev–Trinajstić information content (AvgIpc) is 2.13. The molecule has 0 aromatic heterocycles. The highest BCUT2D eigenvalue weighted by molar-refractivity contribution is 4.68. The van der Waals surface area contributed by atoms with Crippen molar-refractivity contribution in [1.82, 2.24) is 10.2 Å². The number of hydrogen-bond acceptors (Lipinski definition) is 2. The summed E-state index contributed by atoms with van der Waals surface area (Å²) in [5.41, 5.74) is 0. The second kappa shape index (κ2) is 9.80. The first-order valence-corrected chi connectivity index (χ1v) is 7.74. The molecule has 1 atom stereocenters. The zero-order valence-electron chi connectivity index (χ0n) is 13.8. The summed E-state index contributed by atoms with van der Waals surface area (Å²) in [5.74, 6) is 3.01. The molecule has 0 aromatic carbocycles. The van der Waals surface area contributed by atoms with Crippen LogP contribution in [0.25, 0.3) is 0 Å². The summed E-state index contributed by atoms with van der Waals surface area (Å²) in [6.07, 6.45) is 0. The molecule has 0 radical (unpaired) electrons. The number of nitrogens with zero attached hydrogens (tertiary/aromatic N) is 1. The van der Waals surface area contributed by atoms with Crippen LogP contribution in [0.3, 0.4) is 0 Å². The highest BCUT2D eigenvalue weighted by Crippen LogP contribution is 2.07. The van der Waals surface area contributed by atoms with Crippen molar-refractivity contribution in [2.45, 2.75) is 48.5 Å². The first kappa shape index (κ1) is 17.9. The lowest BCUT2D eigenvalue weighted by Gasteiger charge is -2.29. The van der Waals surface area contributed by atoms with Crippen molar-refractivity contribution in [3.8, 4) is 0 Å². The molecule has 0 fully saturated rings. The van der Waals surface area contributed by atoms with Gasteiger partial charge in [-0.2, -0.15) is 0 Å². The van der Waals surface area contributed by atoms with Crippen molar-refractivity contribution < 1.29 is 0 Å². The maximum atomic E-state index is 3.57. The van der Waals surface area contributed by atoms with Gasteiger partial charge in [0.1, 0.15) is 0 Å². The zero-order chi connectivity index (χ0) is 14.1. The van der Waals surface area contributed by atoms with Crippen molar-refractivity contribution in [2.24, 2.45) is 23.7 Å². The van der Waals surface area contributed by atoms with E-state index in [9.17, 15) is 0 Å². The molecule has 0 amide bonds. The largest absolute Gasteiger partial charge is 0.316 e. The molecule has 0 spiro atoms. The summed E-state index contributed by atoms with van der Waals surface area (Å²) in [4.78, 5) is 2.64. The Labute approximate surface area is 116 Å². The maximum Gasteiger partial charge on any atom is 0.00194 e. The molecule has 2 heteroatoms. The smallest absolute Gasteiger partial charge is 0.00194 e. The van der Waals surface area contributed by atoms with Gasteiger partial charge in [-0.3, -0.25) is 0 Å². The predicted octanol–water partition coefficient (Wildman–Crippen LogP) is 3.48. The fraction of sp³-hybridized carbons (Fsp3) is 1.00. The summed E-state index contributed by atoms with van der Waals surface area (Å²) >= 11 is 0. The van der Waals surface area contributed by atoms with Gasteiger partial charge in [-0.05, 0) is 36.8 Å². The third-order valence-corrected chi connectivity index (χ3v) is 2.86. The fourth-order valence-electron chi connectivity index (χ4n) is 2.38. The zero-order valence-corrected chi connectivity index (χ0v) is 13.8. The van der Waals surface area contributed by atoms with Crippen molar-refractivity contribution in [3.05, 3.63) is 0 Å². The van der Waals surface area contributed by atoms with Gasteiger partial charge in [0.05, 0.1) is 0 Å². The minimum Gasteiger partial charge on any atom is -0.316 e. The van der Waals surface area contributed by atoms with E-state index in [-0.39, 0.29) is 0 Å². The van der Waals surface area contributed by atoms with Gasteiger partial charge in [0.25, 0.3) is 0 Å². The molecular weight excluding hydrogens is 220 g/mol. The highest BCUT2D eigenvalue weighted by atomic mass is 15.1. The lowest BCUT2D eigenvalue weighted by molar-refractivity contribution is 0.191. The molecule has 0 heterocycles. The van der Waals surface area contributed by atoms with Gasteiger partial charge in [0.2, 0.25) is 0 Å². The second-order valence-electron chi connectivity index (χ2n) is 7.16. The summed E-state index contributed by atoms with van der Waals surface area (Å²) < 4.78 is 0. The molecule has 0 bridgehead atoms. The molecule has 0 saturated carbocycles. The molecule has 1 N–H and O–H groups in total. The Bertz CT molecular complexity index is 178. The van der Waals surface area contributed by atoms with E-state index in [0.717, 1.165) is 36.8 Å². The molecule has 0 aromatic rings. The Balaban J connectivity index is 3.97. The highest BCUT2D eigenvalue weighted by Gasteiger charge is 2.13. The predicted molar refractivity (Wildman–Crippen MR) is 83.0 cm³/mol. The van der Waals surface area contributed by atoms with Crippen LogP contribution in [0.1, 0.15) is 48.5 Å². The Morgan fingerprint density at radius 2 is 1.17 bits per heavy atom. The number of rotatable bonds is 10. The van der Waals surface area contributed by atoms with Crippen LogP contribution in [0.4, 0.5) is 0 Å². The quantitative estimate of drug-likeness (QED) is 0.644. The molecule has 1 unspecified atom stereocenters. The van der Waals surface area contributed by atoms with Gasteiger partial charge in [-0.15, -0.1) is 0 Å². The molecule has 0 aliphatic heterocycles. The van der Waals surface area contributed by atoms with E-state index in [1.807, 2.05) is 0 Å². The SMILES string of the molecule is CC(C)CNCC(C)CN(CC(C)C)CC(C)C. The Morgan fingerprint density at radius 1 is 0.667 bits per heavy atom. The van der Waals surface area contributed by atoms with Crippen LogP contribution in [0, 0.1) is 23.7 Å². The minimum absolute atomic E-state index is 0.737. The molecule has 0 saturated heterocycles. The molecule has 110 valence electrons. The molecule has 2 nitrogen and oxygen atoms in total. The normalized spacial score (nSPS) is 14.2. The maximum absolute atomic E-state index is 3.57. The van der Waals surface area contributed by atoms with Crippen LogP contribution < -0.4 is 5.32 Å². The summed E-state index contributed by atoms with van der Waals surface area (Å²) in [6, 6.07) is 0. The van der Waals surface area contributed by atoms with Crippen molar-refractivity contribution >= 4 is 0 Å². The van der Waals surface area contributed by atoms with Crippen LogP contribution in [0.2, 0.25) is 0 Å². The fourth-order valence-corrected chi connectivity index (χ4v) is 2.38. The standard InChI is InChI=1S/C16H36N2/c1-13(2)8-17-9-16(7)12-18(10-14(3)4)11-15(5)6/h13-17H,8-12H2,1-7H3. The van der Waals surface area contributed by atoms with Gasteiger partial charge in [-0.1, -0.05) is 48.5 Å². The van der Waals surface area contributed by atoms with Crippen molar-refractivity contribution in [2.75, 3.05) is 32.7 Å². The van der Waals surface area contributed by atoms with Gasteiger partial charge in [0.15, 0.2) is 0 Å². The van der Waals surface area contributed by atoms with E-state index in [4.69, 9.17) is 0 Å². The molecule has 18 heavy (non-hydrogen) atoms. The van der Waals surface area contributed by atoms with E-state index in [1.165, 1.54) is 19.6 Å². The van der Waals surface area contributed by atoms with E-state index < -0.39 is 0 Å². The van der Waals surface area contributed by atoms with E-state index in [1.54, 1.807) is 0 Å². The molecule has 0 rings (SSSR count). The minimum atomic E-state index is 0.737. The third kappa shape index (κ3) is 11.0.